The molecule has 2 heterocycles. The van der Waals surface area contributed by atoms with E-state index in [1.54, 1.807) is 0 Å². The van der Waals surface area contributed by atoms with Crippen LogP contribution in [0.4, 0.5) is 0 Å². The maximum atomic E-state index is 6.03. The van der Waals surface area contributed by atoms with Gasteiger partial charge in [0.25, 0.3) is 0 Å². The van der Waals surface area contributed by atoms with Crippen LogP contribution < -0.4 is 0 Å². The van der Waals surface area contributed by atoms with Crippen molar-refractivity contribution in [2.45, 2.75) is 38.9 Å². The number of hydrogen-bond donors (Lipinski definition) is 0. The Morgan fingerprint density at radius 2 is 1.75 bits per heavy atom. The first kappa shape index (κ1) is 17.4. The van der Waals surface area contributed by atoms with Crippen LogP contribution in [0.15, 0.2) is 48.8 Å². The molecule has 0 saturated carbocycles. The summed E-state index contributed by atoms with van der Waals surface area (Å²) in [4.78, 5) is 9.30. The Hall–Kier alpha value is -1.42. The number of benzene rings is 1. The summed E-state index contributed by atoms with van der Waals surface area (Å²) >= 11 is 6.03. The molecule has 0 unspecified atom stereocenters. The molecule has 128 valence electrons. The number of halogens is 1. The monoisotopic (exact) mass is 343 g/mol. The van der Waals surface area contributed by atoms with Crippen LogP contribution in [0.2, 0.25) is 5.02 Å². The largest absolute Gasteiger partial charge is 0.299 e. The minimum atomic E-state index is 0.670. The molecule has 0 N–H and O–H groups in total. The molecule has 1 aromatic carbocycles. The van der Waals surface area contributed by atoms with E-state index in [2.05, 4.69) is 46.0 Å². The minimum absolute atomic E-state index is 0.670. The molecule has 2 aromatic rings. The van der Waals surface area contributed by atoms with E-state index >= 15 is 0 Å². The van der Waals surface area contributed by atoms with E-state index in [0.717, 1.165) is 31.2 Å². The van der Waals surface area contributed by atoms with Crippen LogP contribution in [0, 0.1) is 0 Å². The highest BCUT2D eigenvalue weighted by atomic mass is 35.5. The molecule has 0 amide bonds. The number of rotatable bonds is 7. The average Bonchev–Trinajstić information content (AvgIpc) is 3.05. The third-order valence-corrected chi connectivity index (χ3v) is 5.10. The summed E-state index contributed by atoms with van der Waals surface area (Å²) in [5.41, 5.74) is 2.63. The molecule has 24 heavy (non-hydrogen) atoms. The fourth-order valence-electron chi connectivity index (χ4n) is 3.60. The Morgan fingerprint density at radius 1 is 1.08 bits per heavy atom. The molecule has 1 aliphatic rings. The quantitative estimate of drug-likeness (QED) is 0.750. The van der Waals surface area contributed by atoms with Crippen molar-refractivity contribution in [1.29, 1.82) is 0 Å². The van der Waals surface area contributed by atoms with Gasteiger partial charge in [-0.2, -0.15) is 0 Å². The molecular formula is C20H26ClN3. The van der Waals surface area contributed by atoms with Gasteiger partial charge in [0.2, 0.25) is 0 Å². The van der Waals surface area contributed by atoms with E-state index in [1.807, 2.05) is 24.5 Å². The second kappa shape index (κ2) is 8.61. The Kier molecular flexibility index (Phi) is 6.24. The summed E-state index contributed by atoms with van der Waals surface area (Å²) in [7, 11) is 0. The molecule has 3 rings (SSSR count). The van der Waals surface area contributed by atoms with Crippen LogP contribution in [0.3, 0.4) is 0 Å². The molecule has 0 aliphatic carbocycles. The topological polar surface area (TPSA) is 19.4 Å². The first-order valence-electron chi connectivity index (χ1n) is 8.84. The van der Waals surface area contributed by atoms with Crippen molar-refractivity contribution in [3.8, 4) is 0 Å². The molecule has 3 nitrogen and oxygen atoms in total. The Labute approximate surface area is 150 Å². The van der Waals surface area contributed by atoms with Gasteiger partial charge in [0.05, 0.1) is 0 Å². The van der Waals surface area contributed by atoms with E-state index in [-0.39, 0.29) is 0 Å². The van der Waals surface area contributed by atoms with Crippen molar-refractivity contribution in [3.05, 3.63) is 64.9 Å². The highest BCUT2D eigenvalue weighted by molar-refractivity contribution is 6.30. The third-order valence-electron chi connectivity index (χ3n) is 4.85. The fraction of sp³-hybridized carbons (Fsp3) is 0.450. The molecule has 4 heteroatoms. The first-order chi connectivity index (χ1) is 11.7. The van der Waals surface area contributed by atoms with E-state index in [1.165, 1.54) is 30.5 Å². The molecule has 1 aromatic heterocycles. The lowest BCUT2D eigenvalue weighted by Crippen LogP contribution is -2.39. The molecule has 1 saturated heterocycles. The molecular weight excluding hydrogens is 318 g/mol. The van der Waals surface area contributed by atoms with Crippen molar-refractivity contribution in [2.75, 3.05) is 19.6 Å². The number of likely N-dealkylation sites (N-methyl/N-ethyl adjacent to an activating group) is 1. The van der Waals surface area contributed by atoms with E-state index in [9.17, 15) is 0 Å². The molecule has 0 radical (unpaired) electrons. The normalized spacial score (nSPS) is 18.4. The number of nitrogens with zero attached hydrogens (tertiary/aromatic N) is 3. The van der Waals surface area contributed by atoms with Crippen LogP contribution >= 0.6 is 11.6 Å². The second-order valence-corrected chi connectivity index (χ2v) is 7.01. The average molecular weight is 344 g/mol. The molecule has 1 fully saturated rings. The van der Waals surface area contributed by atoms with Crippen LogP contribution in [-0.2, 0) is 13.1 Å². The predicted molar refractivity (Wildman–Crippen MR) is 100 cm³/mol. The lowest BCUT2D eigenvalue weighted by atomic mass is 10.1. The lowest BCUT2D eigenvalue weighted by Gasteiger charge is -2.30. The smallest absolute Gasteiger partial charge is 0.0406 e. The zero-order chi connectivity index (χ0) is 16.8. The Balaban J connectivity index is 1.71. The van der Waals surface area contributed by atoms with Crippen LogP contribution in [0.5, 0.6) is 0 Å². The molecule has 0 bridgehead atoms. The highest BCUT2D eigenvalue weighted by Gasteiger charge is 2.25. The standard InChI is InChI=1S/C20H26ClN3/c1-2-24-13-3-4-20(24)16-23(15-18-9-11-22-12-10-18)14-17-5-7-19(21)8-6-17/h5-12,20H,2-4,13-16H2,1H3/t20-/m1/s1. The summed E-state index contributed by atoms with van der Waals surface area (Å²) in [5.74, 6) is 0. The minimum Gasteiger partial charge on any atom is -0.299 e. The van der Waals surface area contributed by atoms with Gasteiger partial charge in [-0.25, -0.2) is 0 Å². The summed E-state index contributed by atoms with van der Waals surface area (Å²) in [6.07, 6.45) is 6.39. The Bertz CT molecular complexity index is 615. The van der Waals surface area contributed by atoms with Crippen molar-refractivity contribution in [1.82, 2.24) is 14.8 Å². The van der Waals surface area contributed by atoms with Crippen LogP contribution in [-0.4, -0.2) is 40.5 Å². The summed E-state index contributed by atoms with van der Waals surface area (Å²) < 4.78 is 0. The first-order valence-corrected chi connectivity index (χ1v) is 9.22. The van der Waals surface area contributed by atoms with Gasteiger partial charge in [0.15, 0.2) is 0 Å². The molecule has 1 atom stereocenters. The van der Waals surface area contributed by atoms with Gasteiger partial charge in [0.1, 0.15) is 0 Å². The maximum Gasteiger partial charge on any atom is 0.0406 e. The zero-order valence-electron chi connectivity index (χ0n) is 14.4. The van der Waals surface area contributed by atoms with Crippen LogP contribution in [0.1, 0.15) is 30.9 Å². The van der Waals surface area contributed by atoms with Crippen molar-refractivity contribution in [3.63, 3.8) is 0 Å². The molecule has 1 aliphatic heterocycles. The van der Waals surface area contributed by atoms with Gasteiger partial charge in [0, 0.05) is 43.1 Å². The van der Waals surface area contributed by atoms with Gasteiger partial charge in [-0.3, -0.25) is 14.8 Å². The second-order valence-electron chi connectivity index (χ2n) is 6.58. The van der Waals surface area contributed by atoms with Gasteiger partial charge in [-0.15, -0.1) is 0 Å². The molecule has 0 spiro atoms. The highest BCUT2D eigenvalue weighted by Crippen LogP contribution is 2.20. The summed E-state index contributed by atoms with van der Waals surface area (Å²) in [6.45, 7) is 7.68. The van der Waals surface area contributed by atoms with E-state index < -0.39 is 0 Å². The number of hydrogen-bond acceptors (Lipinski definition) is 3. The van der Waals surface area contributed by atoms with E-state index in [4.69, 9.17) is 11.6 Å². The maximum absolute atomic E-state index is 6.03. The van der Waals surface area contributed by atoms with E-state index in [0.29, 0.717) is 6.04 Å². The van der Waals surface area contributed by atoms with Crippen LogP contribution in [0.25, 0.3) is 0 Å². The number of pyridine rings is 1. The summed E-state index contributed by atoms with van der Waals surface area (Å²) in [5, 5.41) is 0.799. The predicted octanol–water partition coefficient (Wildman–Crippen LogP) is 4.22. The van der Waals surface area contributed by atoms with Crippen molar-refractivity contribution >= 4 is 11.6 Å². The zero-order valence-corrected chi connectivity index (χ0v) is 15.1. The number of aromatic nitrogens is 1. The fourth-order valence-corrected chi connectivity index (χ4v) is 3.72. The van der Waals surface area contributed by atoms with Crippen molar-refractivity contribution in [2.24, 2.45) is 0 Å². The van der Waals surface area contributed by atoms with Gasteiger partial charge < -0.3 is 0 Å². The van der Waals surface area contributed by atoms with Gasteiger partial charge >= 0.3 is 0 Å². The van der Waals surface area contributed by atoms with Gasteiger partial charge in [-0.1, -0.05) is 30.7 Å². The lowest BCUT2D eigenvalue weighted by molar-refractivity contribution is 0.166. The van der Waals surface area contributed by atoms with Gasteiger partial charge in [-0.05, 0) is 61.3 Å². The Morgan fingerprint density at radius 3 is 2.42 bits per heavy atom. The van der Waals surface area contributed by atoms with Crippen molar-refractivity contribution < 1.29 is 0 Å². The number of likely N-dealkylation sites (tertiary alicyclic amines) is 1. The SMILES string of the molecule is CCN1CCC[C@@H]1CN(Cc1ccncc1)Cc1ccc(Cl)cc1. The third kappa shape index (κ3) is 4.79. The summed E-state index contributed by atoms with van der Waals surface area (Å²) in [6, 6.07) is 13.1.